The van der Waals surface area contributed by atoms with Crippen molar-refractivity contribution in [1.82, 2.24) is 14.6 Å². The van der Waals surface area contributed by atoms with Crippen molar-refractivity contribution in [1.29, 1.82) is 0 Å². The van der Waals surface area contributed by atoms with Gasteiger partial charge in [0, 0.05) is 17.8 Å². The highest BCUT2D eigenvalue weighted by molar-refractivity contribution is 5.60. The van der Waals surface area contributed by atoms with Crippen LogP contribution in [0.25, 0.3) is 17.1 Å². The Morgan fingerprint density at radius 1 is 1.26 bits per heavy atom. The van der Waals surface area contributed by atoms with E-state index in [1.165, 1.54) is 0 Å². The Morgan fingerprint density at radius 3 is 2.79 bits per heavy atom. The van der Waals surface area contributed by atoms with Gasteiger partial charge in [0.25, 0.3) is 0 Å². The normalized spacial score (nSPS) is 11.9. The highest BCUT2D eigenvalue weighted by Gasteiger charge is 2.12. The van der Waals surface area contributed by atoms with Crippen molar-refractivity contribution in [2.24, 2.45) is 0 Å². The van der Waals surface area contributed by atoms with Crippen molar-refractivity contribution in [3.05, 3.63) is 36.7 Å². The lowest BCUT2D eigenvalue weighted by Crippen LogP contribution is -2.26. The number of aromatic nitrogens is 3. The van der Waals surface area contributed by atoms with Gasteiger partial charge < -0.3 is 9.73 Å². The number of furan rings is 1. The zero-order valence-electron chi connectivity index (χ0n) is 11.2. The molecule has 0 atom stereocenters. The SMILES string of the molecule is CC(C)(C)Nc1ccn2nc(-c3ccco3)cc2n1. The van der Waals surface area contributed by atoms with Crippen molar-refractivity contribution in [3.8, 4) is 11.5 Å². The molecule has 3 aromatic rings. The van der Waals surface area contributed by atoms with E-state index < -0.39 is 0 Å². The summed E-state index contributed by atoms with van der Waals surface area (Å²) in [6, 6.07) is 7.55. The van der Waals surface area contributed by atoms with E-state index in [0.717, 1.165) is 22.9 Å². The smallest absolute Gasteiger partial charge is 0.158 e. The van der Waals surface area contributed by atoms with E-state index in [1.807, 2.05) is 30.5 Å². The average molecular weight is 256 g/mol. The molecule has 0 aliphatic carbocycles. The molecule has 3 aromatic heterocycles. The standard InChI is InChI=1S/C14H16N4O/c1-14(2,3)16-12-6-7-18-13(15-12)9-10(17-18)11-5-4-8-19-11/h4-9H,1-3H3,(H,15,16). The van der Waals surface area contributed by atoms with Crippen LogP contribution in [0.5, 0.6) is 0 Å². The van der Waals surface area contributed by atoms with Crippen LogP contribution in [0.2, 0.25) is 0 Å². The Kier molecular flexibility index (Phi) is 2.55. The maximum Gasteiger partial charge on any atom is 0.158 e. The monoisotopic (exact) mass is 256 g/mol. The lowest BCUT2D eigenvalue weighted by Gasteiger charge is -2.21. The van der Waals surface area contributed by atoms with Crippen LogP contribution < -0.4 is 5.32 Å². The quantitative estimate of drug-likeness (QED) is 0.765. The predicted octanol–water partition coefficient (Wildman–Crippen LogP) is 3.20. The average Bonchev–Trinajstić information content (AvgIpc) is 2.94. The number of hydrogen-bond acceptors (Lipinski definition) is 4. The molecule has 0 spiro atoms. The number of nitrogens with one attached hydrogen (secondary N) is 1. The van der Waals surface area contributed by atoms with Gasteiger partial charge >= 0.3 is 0 Å². The molecule has 0 unspecified atom stereocenters. The molecule has 0 amide bonds. The lowest BCUT2D eigenvalue weighted by molar-refractivity contribution is 0.579. The minimum absolute atomic E-state index is 0.0186. The first-order chi connectivity index (χ1) is 9.01. The summed E-state index contributed by atoms with van der Waals surface area (Å²) in [5.41, 5.74) is 1.56. The highest BCUT2D eigenvalue weighted by atomic mass is 16.3. The van der Waals surface area contributed by atoms with E-state index >= 15 is 0 Å². The first-order valence-electron chi connectivity index (χ1n) is 6.20. The molecule has 5 heteroatoms. The third-order valence-electron chi connectivity index (χ3n) is 2.60. The Bertz CT molecular complexity index is 692. The van der Waals surface area contributed by atoms with Crippen LogP contribution in [0.4, 0.5) is 5.82 Å². The molecule has 0 saturated carbocycles. The maximum atomic E-state index is 5.34. The number of fused-ring (bicyclic) bond motifs is 1. The largest absolute Gasteiger partial charge is 0.463 e. The molecular weight excluding hydrogens is 240 g/mol. The van der Waals surface area contributed by atoms with E-state index in [4.69, 9.17) is 4.42 Å². The van der Waals surface area contributed by atoms with Crippen LogP contribution in [0.15, 0.2) is 41.1 Å². The van der Waals surface area contributed by atoms with Gasteiger partial charge in [0.1, 0.15) is 11.5 Å². The maximum absolute atomic E-state index is 5.34. The molecule has 0 fully saturated rings. The van der Waals surface area contributed by atoms with Crippen LogP contribution in [-0.4, -0.2) is 20.1 Å². The summed E-state index contributed by atoms with van der Waals surface area (Å²) >= 11 is 0. The van der Waals surface area contributed by atoms with Crippen molar-refractivity contribution in [3.63, 3.8) is 0 Å². The minimum atomic E-state index is -0.0186. The van der Waals surface area contributed by atoms with Gasteiger partial charge in [0.15, 0.2) is 11.4 Å². The van der Waals surface area contributed by atoms with Crippen LogP contribution in [0.1, 0.15) is 20.8 Å². The fraction of sp³-hybridized carbons (Fsp3) is 0.286. The Balaban J connectivity index is 2.00. The Labute approximate surface area is 111 Å². The molecule has 1 N–H and O–H groups in total. The summed E-state index contributed by atoms with van der Waals surface area (Å²) in [6.07, 6.45) is 3.53. The van der Waals surface area contributed by atoms with Crippen LogP contribution in [0.3, 0.4) is 0 Å². The molecule has 98 valence electrons. The third-order valence-corrected chi connectivity index (χ3v) is 2.60. The molecule has 0 aliphatic rings. The van der Waals surface area contributed by atoms with E-state index in [2.05, 4.69) is 36.2 Å². The molecule has 0 saturated heterocycles. The van der Waals surface area contributed by atoms with Gasteiger partial charge in [-0.05, 0) is 39.0 Å². The molecule has 19 heavy (non-hydrogen) atoms. The second-order valence-electron chi connectivity index (χ2n) is 5.50. The summed E-state index contributed by atoms with van der Waals surface area (Å²) < 4.78 is 7.08. The summed E-state index contributed by atoms with van der Waals surface area (Å²) in [4.78, 5) is 4.54. The highest BCUT2D eigenvalue weighted by Crippen LogP contribution is 2.20. The van der Waals surface area contributed by atoms with Gasteiger partial charge in [-0.3, -0.25) is 0 Å². The van der Waals surface area contributed by atoms with E-state index in [9.17, 15) is 0 Å². The minimum Gasteiger partial charge on any atom is -0.463 e. The lowest BCUT2D eigenvalue weighted by atomic mass is 10.1. The van der Waals surface area contributed by atoms with Crippen molar-refractivity contribution < 1.29 is 4.42 Å². The van der Waals surface area contributed by atoms with E-state index in [-0.39, 0.29) is 5.54 Å². The first kappa shape index (κ1) is 11.8. The van der Waals surface area contributed by atoms with Gasteiger partial charge in [0.2, 0.25) is 0 Å². The van der Waals surface area contributed by atoms with Crippen LogP contribution in [-0.2, 0) is 0 Å². The molecule has 0 aliphatic heterocycles. The summed E-state index contributed by atoms with van der Waals surface area (Å²) in [7, 11) is 0. The summed E-state index contributed by atoms with van der Waals surface area (Å²) in [6.45, 7) is 6.30. The molecule has 5 nitrogen and oxygen atoms in total. The summed E-state index contributed by atoms with van der Waals surface area (Å²) in [5, 5.41) is 7.77. The van der Waals surface area contributed by atoms with Gasteiger partial charge in [-0.1, -0.05) is 0 Å². The summed E-state index contributed by atoms with van der Waals surface area (Å²) in [5.74, 6) is 1.58. The fourth-order valence-corrected chi connectivity index (χ4v) is 1.88. The fourth-order valence-electron chi connectivity index (χ4n) is 1.88. The Hall–Kier alpha value is -2.30. The zero-order chi connectivity index (χ0) is 13.5. The van der Waals surface area contributed by atoms with Gasteiger partial charge in [0.05, 0.1) is 6.26 Å². The van der Waals surface area contributed by atoms with Gasteiger partial charge in [-0.2, -0.15) is 5.10 Å². The van der Waals surface area contributed by atoms with Gasteiger partial charge in [-0.15, -0.1) is 0 Å². The molecule has 0 aromatic carbocycles. The molecule has 3 rings (SSSR count). The van der Waals surface area contributed by atoms with Crippen LogP contribution in [0, 0.1) is 0 Å². The van der Waals surface area contributed by atoms with Crippen molar-refractivity contribution >= 4 is 11.5 Å². The van der Waals surface area contributed by atoms with E-state index in [1.54, 1.807) is 10.8 Å². The first-order valence-corrected chi connectivity index (χ1v) is 6.20. The number of anilines is 1. The zero-order valence-corrected chi connectivity index (χ0v) is 11.2. The molecular formula is C14H16N4O. The van der Waals surface area contributed by atoms with Crippen molar-refractivity contribution in [2.45, 2.75) is 26.3 Å². The van der Waals surface area contributed by atoms with Crippen LogP contribution >= 0.6 is 0 Å². The second-order valence-corrected chi connectivity index (χ2v) is 5.50. The number of hydrogen-bond donors (Lipinski definition) is 1. The van der Waals surface area contributed by atoms with Crippen molar-refractivity contribution in [2.75, 3.05) is 5.32 Å². The topological polar surface area (TPSA) is 55.4 Å². The molecule has 3 heterocycles. The third kappa shape index (κ3) is 2.45. The molecule has 0 radical (unpaired) electrons. The predicted molar refractivity (Wildman–Crippen MR) is 74.1 cm³/mol. The Morgan fingerprint density at radius 2 is 2.11 bits per heavy atom. The van der Waals surface area contributed by atoms with E-state index in [0.29, 0.717) is 0 Å². The second kappa shape index (κ2) is 4.12. The molecule has 0 bridgehead atoms. The number of rotatable bonds is 2. The van der Waals surface area contributed by atoms with Gasteiger partial charge in [-0.25, -0.2) is 9.50 Å². The number of nitrogens with zero attached hydrogens (tertiary/aromatic N) is 3.